The number of ether oxygens (including phenoxy) is 1. The van der Waals surface area contributed by atoms with Crippen LogP contribution in [0, 0.1) is 6.92 Å². The number of halogens is 1. The van der Waals surface area contributed by atoms with Crippen molar-refractivity contribution in [1.29, 1.82) is 0 Å². The fourth-order valence-electron chi connectivity index (χ4n) is 1.53. The van der Waals surface area contributed by atoms with Crippen LogP contribution in [0.5, 0.6) is 5.75 Å². The predicted octanol–water partition coefficient (Wildman–Crippen LogP) is 3.03. The van der Waals surface area contributed by atoms with Crippen LogP contribution in [-0.4, -0.2) is 30.6 Å². The molecule has 1 aliphatic heterocycles. The average Bonchev–Trinajstić information content (AvgIpc) is 2.84. The molecular formula is C13H19BrN2OS. The zero-order chi connectivity index (χ0) is 11.9. The van der Waals surface area contributed by atoms with E-state index in [1.54, 1.807) is 11.8 Å². The molecule has 1 N–H and O–H groups in total. The van der Waals surface area contributed by atoms with E-state index < -0.39 is 0 Å². The quantitative estimate of drug-likeness (QED) is 0.842. The number of thioether (sulfide) groups is 1. The van der Waals surface area contributed by atoms with Crippen molar-refractivity contribution >= 4 is 33.9 Å². The minimum atomic E-state index is 0. The lowest BCUT2D eigenvalue weighted by atomic mass is 10.2. The summed E-state index contributed by atoms with van der Waals surface area (Å²) in [6, 6.07) is 8.18. The fourth-order valence-corrected chi connectivity index (χ4v) is 2.37. The summed E-state index contributed by atoms with van der Waals surface area (Å²) >= 11 is 1.78. The zero-order valence-electron chi connectivity index (χ0n) is 10.5. The van der Waals surface area contributed by atoms with Gasteiger partial charge in [-0.3, -0.25) is 4.99 Å². The Morgan fingerprint density at radius 1 is 1.33 bits per heavy atom. The molecule has 2 rings (SSSR count). The number of nitrogens with one attached hydrogen (secondary N) is 1. The molecule has 0 aromatic heterocycles. The molecule has 0 bridgehead atoms. The van der Waals surface area contributed by atoms with Gasteiger partial charge < -0.3 is 10.1 Å². The number of benzene rings is 1. The van der Waals surface area contributed by atoms with Crippen LogP contribution >= 0.6 is 28.7 Å². The predicted molar refractivity (Wildman–Crippen MR) is 84.4 cm³/mol. The van der Waals surface area contributed by atoms with Gasteiger partial charge in [0.25, 0.3) is 0 Å². The van der Waals surface area contributed by atoms with Gasteiger partial charge in [-0.25, -0.2) is 0 Å². The van der Waals surface area contributed by atoms with Gasteiger partial charge >= 0.3 is 0 Å². The van der Waals surface area contributed by atoms with Crippen molar-refractivity contribution in [1.82, 2.24) is 5.32 Å². The number of amidine groups is 1. The summed E-state index contributed by atoms with van der Waals surface area (Å²) in [6.07, 6.45) is 1.04. The summed E-state index contributed by atoms with van der Waals surface area (Å²) in [4.78, 5) is 4.33. The van der Waals surface area contributed by atoms with Gasteiger partial charge in [0.2, 0.25) is 0 Å². The monoisotopic (exact) mass is 330 g/mol. The van der Waals surface area contributed by atoms with Crippen LogP contribution < -0.4 is 10.1 Å². The largest absolute Gasteiger partial charge is 0.494 e. The second-order valence-electron chi connectivity index (χ2n) is 3.98. The lowest BCUT2D eigenvalue weighted by Crippen LogP contribution is -2.15. The molecule has 0 saturated carbocycles. The Labute approximate surface area is 123 Å². The molecule has 0 saturated heterocycles. The molecule has 1 aromatic carbocycles. The van der Waals surface area contributed by atoms with Gasteiger partial charge in [0, 0.05) is 12.3 Å². The van der Waals surface area contributed by atoms with Crippen molar-refractivity contribution in [3.63, 3.8) is 0 Å². The highest BCUT2D eigenvalue weighted by molar-refractivity contribution is 8.93. The average molecular weight is 331 g/mol. The van der Waals surface area contributed by atoms with Gasteiger partial charge in [-0.1, -0.05) is 29.5 Å². The van der Waals surface area contributed by atoms with Gasteiger partial charge in [-0.15, -0.1) is 17.0 Å². The standard InChI is InChI=1S/C13H18N2OS.BrH/c1-11-3-5-12(6-4-11)16-9-2-10-17-13-14-7-8-15-13;/h3-6H,2,7-10H2,1H3,(H,14,15);1H. The molecule has 0 spiro atoms. The molecule has 0 fully saturated rings. The van der Waals surface area contributed by atoms with Crippen LogP contribution in [0.4, 0.5) is 0 Å². The van der Waals surface area contributed by atoms with E-state index in [1.807, 2.05) is 12.1 Å². The van der Waals surface area contributed by atoms with Crippen molar-refractivity contribution in [2.24, 2.45) is 4.99 Å². The minimum Gasteiger partial charge on any atom is -0.494 e. The van der Waals surface area contributed by atoms with Crippen LogP contribution in [0.3, 0.4) is 0 Å². The molecule has 5 heteroatoms. The van der Waals surface area contributed by atoms with E-state index in [-0.39, 0.29) is 17.0 Å². The van der Waals surface area contributed by atoms with E-state index in [9.17, 15) is 0 Å². The number of nitrogens with zero attached hydrogens (tertiary/aromatic N) is 1. The second-order valence-corrected chi connectivity index (χ2v) is 5.06. The van der Waals surface area contributed by atoms with Crippen LogP contribution in [0.15, 0.2) is 29.3 Å². The van der Waals surface area contributed by atoms with Crippen molar-refractivity contribution in [3.8, 4) is 5.75 Å². The van der Waals surface area contributed by atoms with Gasteiger partial charge in [-0.05, 0) is 25.5 Å². The Balaban J connectivity index is 0.00000162. The number of aryl methyl sites for hydroxylation is 1. The van der Waals surface area contributed by atoms with E-state index in [1.165, 1.54) is 5.56 Å². The van der Waals surface area contributed by atoms with Crippen LogP contribution in [0.1, 0.15) is 12.0 Å². The maximum Gasteiger partial charge on any atom is 0.156 e. The first kappa shape index (κ1) is 15.4. The molecular weight excluding hydrogens is 312 g/mol. The topological polar surface area (TPSA) is 33.6 Å². The van der Waals surface area contributed by atoms with Crippen LogP contribution in [0.25, 0.3) is 0 Å². The highest BCUT2D eigenvalue weighted by atomic mass is 79.9. The third-order valence-corrected chi connectivity index (χ3v) is 3.50. The SMILES string of the molecule is Br.Cc1ccc(OCCCSC2=NCCN2)cc1. The van der Waals surface area contributed by atoms with E-state index in [2.05, 4.69) is 29.4 Å². The fraction of sp³-hybridized carbons (Fsp3) is 0.462. The first-order valence-corrected chi connectivity index (χ1v) is 6.94. The summed E-state index contributed by atoms with van der Waals surface area (Å²) < 4.78 is 5.65. The van der Waals surface area contributed by atoms with Gasteiger partial charge in [0.15, 0.2) is 5.17 Å². The third-order valence-electron chi connectivity index (χ3n) is 2.46. The molecule has 1 aliphatic rings. The summed E-state index contributed by atoms with van der Waals surface area (Å²) in [5.41, 5.74) is 1.26. The Kier molecular flexibility index (Phi) is 7.20. The summed E-state index contributed by atoms with van der Waals surface area (Å²) in [5, 5.41) is 4.33. The molecule has 18 heavy (non-hydrogen) atoms. The molecule has 0 radical (unpaired) electrons. The molecule has 0 unspecified atom stereocenters. The Bertz CT molecular complexity index is 381. The van der Waals surface area contributed by atoms with Crippen molar-refractivity contribution in [2.75, 3.05) is 25.4 Å². The van der Waals surface area contributed by atoms with Gasteiger partial charge in [0.05, 0.1) is 13.2 Å². The molecule has 0 amide bonds. The molecule has 0 atom stereocenters. The molecule has 100 valence electrons. The number of hydrogen-bond donors (Lipinski definition) is 1. The number of hydrogen-bond acceptors (Lipinski definition) is 4. The van der Waals surface area contributed by atoms with Gasteiger partial charge in [0.1, 0.15) is 5.75 Å². The molecule has 1 heterocycles. The molecule has 1 aromatic rings. The van der Waals surface area contributed by atoms with E-state index in [0.717, 1.165) is 42.8 Å². The molecule has 0 aliphatic carbocycles. The maximum absolute atomic E-state index is 5.65. The highest BCUT2D eigenvalue weighted by Gasteiger charge is 2.04. The second kappa shape index (κ2) is 8.43. The van der Waals surface area contributed by atoms with Crippen molar-refractivity contribution in [3.05, 3.63) is 29.8 Å². The van der Waals surface area contributed by atoms with Crippen LogP contribution in [0.2, 0.25) is 0 Å². The smallest absolute Gasteiger partial charge is 0.156 e. The summed E-state index contributed by atoms with van der Waals surface area (Å²) in [7, 11) is 0. The maximum atomic E-state index is 5.65. The van der Waals surface area contributed by atoms with E-state index >= 15 is 0 Å². The van der Waals surface area contributed by atoms with Crippen LogP contribution in [-0.2, 0) is 0 Å². The normalized spacial score (nSPS) is 13.5. The highest BCUT2D eigenvalue weighted by Crippen LogP contribution is 2.12. The Hall–Kier alpha value is -0.680. The third kappa shape index (κ3) is 5.31. The van der Waals surface area contributed by atoms with E-state index in [4.69, 9.17) is 4.74 Å². The van der Waals surface area contributed by atoms with Gasteiger partial charge in [-0.2, -0.15) is 0 Å². The number of rotatable bonds is 5. The Morgan fingerprint density at radius 2 is 2.11 bits per heavy atom. The minimum absolute atomic E-state index is 0. The van der Waals surface area contributed by atoms with E-state index in [0.29, 0.717) is 0 Å². The molecule has 3 nitrogen and oxygen atoms in total. The summed E-state index contributed by atoms with van der Waals surface area (Å²) in [5.74, 6) is 2.01. The first-order chi connectivity index (χ1) is 8.34. The zero-order valence-corrected chi connectivity index (χ0v) is 13.0. The lowest BCUT2D eigenvalue weighted by Gasteiger charge is -2.06. The first-order valence-electron chi connectivity index (χ1n) is 5.95. The Morgan fingerprint density at radius 3 is 2.78 bits per heavy atom. The lowest BCUT2D eigenvalue weighted by molar-refractivity contribution is 0.319. The number of aliphatic imine (C=N–C) groups is 1. The summed E-state index contributed by atoms with van der Waals surface area (Å²) in [6.45, 7) is 4.75. The van der Waals surface area contributed by atoms with Crippen molar-refractivity contribution in [2.45, 2.75) is 13.3 Å². The van der Waals surface area contributed by atoms with Crippen molar-refractivity contribution < 1.29 is 4.74 Å².